The van der Waals surface area contributed by atoms with Gasteiger partial charge in [0, 0.05) is 11.9 Å². The molecule has 102 valence electrons. The van der Waals surface area contributed by atoms with E-state index in [0.717, 1.165) is 30.6 Å². The molecule has 2 unspecified atom stereocenters. The number of hydrogen-bond donors (Lipinski definition) is 1. The molecule has 0 bridgehead atoms. The second-order valence-corrected chi connectivity index (χ2v) is 9.29. The largest absolute Gasteiger partial charge is 0.250 e. The summed E-state index contributed by atoms with van der Waals surface area (Å²) in [6.07, 6.45) is 2.84. The van der Waals surface area contributed by atoms with E-state index < -0.39 is 10.0 Å². The average molecular weight is 393 g/mol. The van der Waals surface area contributed by atoms with Crippen LogP contribution in [0.25, 0.3) is 0 Å². The van der Waals surface area contributed by atoms with Gasteiger partial charge in [0.15, 0.2) is 0 Å². The minimum Gasteiger partial charge on any atom is -0.207 e. The summed E-state index contributed by atoms with van der Waals surface area (Å²) in [4.78, 5) is 0. The van der Waals surface area contributed by atoms with Crippen molar-refractivity contribution < 1.29 is 8.42 Å². The molecule has 1 aromatic rings. The number of thiophene rings is 1. The molecular formula is C10H12BrCl2NO2S2. The van der Waals surface area contributed by atoms with Crippen molar-refractivity contribution in [1.29, 1.82) is 0 Å². The lowest BCUT2D eigenvalue weighted by molar-refractivity contribution is 0.481. The summed E-state index contributed by atoms with van der Waals surface area (Å²) in [5.41, 5.74) is 0. The van der Waals surface area contributed by atoms with E-state index in [-0.39, 0.29) is 16.2 Å². The predicted octanol–water partition coefficient (Wildman–Crippen LogP) is 3.85. The van der Waals surface area contributed by atoms with E-state index in [4.69, 9.17) is 23.2 Å². The quantitative estimate of drug-likeness (QED) is 0.791. The van der Waals surface area contributed by atoms with Crippen LogP contribution in [0, 0.1) is 5.92 Å². The molecule has 0 aliphatic heterocycles. The maximum atomic E-state index is 12.2. The minimum absolute atomic E-state index is 0.0628. The monoisotopic (exact) mass is 391 g/mol. The smallest absolute Gasteiger partial charge is 0.207 e. The van der Waals surface area contributed by atoms with Crippen LogP contribution in [0.4, 0.5) is 0 Å². The molecule has 1 fully saturated rings. The van der Waals surface area contributed by atoms with Crippen LogP contribution in [0.15, 0.2) is 14.1 Å². The number of rotatable bonds is 4. The third kappa shape index (κ3) is 3.22. The Hall–Kier alpha value is 0.670. The lowest BCUT2D eigenvalue weighted by atomic mass is 10.1. The second-order valence-electron chi connectivity index (χ2n) is 4.26. The Kier molecular flexibility index (Phi) is 5.00. The summed E-state index contributed by atoms with van der Waals surface area (Å²) >= 11 is 16.0. The Balaban J connectivity index is 2.17. The molecule has 0 amide bonds. The zero-order chi connectivity index (χ0) is 13.3. The fraction of sp³-hybridized carbons (Fsp3) is 0.600. The first-order chi connectivity index (χ1) is 8.44. The molecule has 1 saturated carbocycles. The van der Waals surface area contributed by atoms with Crippen LogP contribution >= 0.6 is 50.5 Å². The van der Waals surface area contributed by atoms with Crippen molar-refractivity contribution in [2.45, 2.75) is 29.5 Å². The summed E-state index contributed by atoms with van der Waals surface area (Å²) in [5.74, 6) is 0.711. The van der Waals surface area contributed by atoms with Crippen molar-refractivity contribution in [3.63, 3.8) is 0 Å². The molecule has 0 radical (unpaired) electrons. The summed E-state index contributed by atoms with van der Waals surface area (Å²) in [5, 5.41) is 0.417. The van der Waals surface area contributed by atoms with Crippen molar-refractivity contribution in [2.75, 3.05) is 5.88 Å². The zero-order valence-corrected chi connectivity index (χ0v) is 14.1. The summed E-state index contributed by atoms with van der Waals surface area (Å²) < 4.78 is 28.0. The van der Waals surface area contributed by atoms with Crippen molar-refractivity contribution in [3.05, 3.63) is 14.9 Å². The van der Waals surface area contributed by atoms with Crippen LogP contribution < -0.4 is 4.72 Å². The molecule has 18 heavy (non-hydrogen) atoms. The van der Waals surface area contributed by atoms with Gasteiger partial charge in [-0.15, -0.1) is 22.9 Å². The minimum atomic E-state index is -3.49. The van der Waals surface area contributed by atoms with Crippen molar-refractivity contribution in [1.82, 2.24) is 4.72 Å². The van der Waals surface area contributed by atoms with Crippen LogP contribution in [0.3, 0.4) is 0 Å². The molecule has 3 nitrogen and oxygen atoms in total. The highest BCUT2D eigenvalue weighted by atomic mass is 79.9. The number of alkyl halides is 1. The third-order valence-electron chi connectivity index (χ3n) is 3.05. The van der Waals surface area contributed by atoms with Gasteiger partial charge in [-0.3, -0.25) is 0 Å². The van der Waals surface area contributed by atoms with Crippen LogP contribution in [0.5, 0.6) is 0 Å². The fourth-order valence-corrected chi connectivity index (χ4v) is 6.22. The normalized spacial score (nSPS) is 24.6. The van der Waals surface area contributed by atoms with Gasteiger partial charge in [0.2, 0.25) is 10.0 Å². The van der Waals surface area contributed by atoms with Gasteiger partial charge >= 0.3 is 0 Å². The van der Waals surface area contributed by atoms with E-state index in [1.165, 1.54) is 6.07 Å². The molecule has 2 atom stereocenters. The highest BCUT2D eigenvalue weighted by molar-refractivity contribution is 9.11. The molecule has 1 heterocycles. The van der Waals surface area contributed by atoms with Crippen LogP contribution in [-0.4, -0.2) is 20.3 Å². The van der Waals surface area contributed by atoms with Gasteiger partial charge in [-0.25, -0.2) is 13.1 Å². The van der Waals surface area contributed by atoms with E-state index in [9.17, 15) is 8.42 Å². The van der Waals surface area contributed by atoms with Gasteiger partial charge in [0.25, 0.3) is 0 Å². The van der Waals surface area contributed by atoms with E-state index in [1.54, 1.807) is 0 Å². The van der Waals surface area contributed by atoms with Gasteiger partial charge < -0.3 is 0 Å². The lowest BCUT2D eigenvalue weighted by Gasteiger charge is -2.18. The first-order valence-corrected chi connectivity index (χ1v) is 9.47. The molecule has 1 aliphatic rings. The first-order valence-electron chi connectivity index (χ1n) is 5.47. The summed E-state index contributed by atoms with van der Waals surface area (Å²) in [6.45, 7) is 0. The molecule has 0 saturated heterocycles. The summed E-state index contributed by atoms with van der Waals surface area (Å²) in [7, 11) is -3.49. The number of hydrogen-bond acceptors (Lipinski definition) is 3. The molecule has 1 aromatic heterocycles. The fourth-order valence-electron chi connectivity index (χ4n) is 2.09. The van der Waals surface area contributed by atoms with Crippen molar-refractivity contribution in [2.24, 2.45) is 5.92 Å². The van der Waals surface area contributed by atoms with Crippen LogP contribution in [0.1, 0.15) is 19.3 Å². The van der Waals surface area contributed by atoms with Gasteiger partial charge in [-0.05, 0) is 40.8 Å². The van der Waals surface area contributed by atoms with Gasteiger partial charge in [0.05, 0.1) is 8.81 Å². The Bertz CT molecular complexity index is 512. The Labute approximate surface area is 129 Å². The molecule has 2 rings (SSSR count). The SMILES string of the molecule is O=S(=O)(NC1CCCC1CCl)c1cc(Cl)c(Br)s1. The average Bonchev–Trinajstić information content (AvgIpc) is 2.86. The number of halogens is 3. The molecule has 8 heteroatoms. The van der Waals surface area contributed by atoms with Crippen LogP contribution in [-0.2, 0) is 10.0 Å². The van der Waals surface area contributed by atoms with Crippen molar-refractivity contribution in [3.8, 4) is 0 Å². The molecule has 1 aliphatic carbocycles. The second kappa shape index (κ2) is 5.97. The summed E-state index contributed by atoms with van der Waals surface area (Å²) in [6, 6.07) is 1.40. The first kappa shape index (κ1) is 15.1. The third-order valence-corrected chi connectivity index (χ3v) is 7.89. The molecule has 0 spiro atoms. The number of sulfonamides is 1. The van der Waals surface area contributed by atoms with E-state index in [2.05, 4.69) is 20.7 Å². The Morgan fingerprint density at radius 2 is 2.22 bits per heavy atom. The van der Waals surface area contributed by atoms with Crippen molar-refractivity contribution >= 4 is 60.5 Å². The van der Waals surface area contributed by atoms with E-state index in [0.29, 0.717) is 14.7 Å². The van der Waals surface area contributed by atoms with Gasteiger partial charge in [-0.1, -0.05) is 18.0 Å². The number of nitrogens with one attached hydrogen (secondary N) is 1. The van der Waals surface area contributed by atoms with Crippen LogP contribution in [0.2, 0.25) is 5.02 Å². The van der Waals surface area contributed by atoms with E-state index >= 15 is 0 Å². The molecule has 0 aromatic carbocycles. The topological polar surface area (TPSA) is 46.2 Å². The van der Waals surface area contributed by atoms with Gasteiger partial charge in [0.1, 0.15) is 4.21 Å². The highest BCUT2D eigenvalue weighted by Gasteiger charge is 2.31. The Morgan fingerprint density at radius 1 is 1.50 bits per heavy atom. The zero-order valence-electron chi connectivity index (χ0n) is 9.33. The molecule has 1 N–H and O–H groups in total. The standard InChI is InChI=1S/C10H12BrCl2NO2S2/c11-10-7(13)4-9(17-10)18(15,16)14-8-3-1-2-6(8)5-12/h4,6,8,14H,1-3,5H2. The highest BCUT2D eigenvalue weighted by Crippen LogP contribution is 2.35. The Morgan fingerprint density at radius 3 is 2.78 bits per heavy atom. The van der Waals surface area contributed by atoms with E-state index in [1.807, 2.05) is 0 Å². The maximum Gasteiger partial charge on any atom is 0.250 e. The molecular weight excluding hydrogens is 381 g/mol. The maximum absolute atomic E-state index is 12.2. The predicted molar refractivity (Wildman–Crippen MR) is 79.2 cm³/mol. The van der Waals surface area contributed by atoms with Gasteiger partial charge in [-0.2, -0.15) is 0 Å². The lowest BCUT2D eigenvalue weighted by Crippen LogP contribution is -2.37.